The number of H-pyrrole nitrogens is 1. The molecule has 1 fully saturated rings. The fraction of sp³-hybridized carbons (Fsp3) is 0.636. The molecule has 0 unspecified atom stereocenters. The molecule has 1 aromatic heterocycles. The molecule has 0 saturated carbocycles. The first kappa shape index (κ1) is 12.8. The fourth-order valence-electron chi connectivity index (χ4n) is 1.98. The fourth-order valence-corrected chi connectivity index (χ4v) is 2.39. The van der Waals surface area contributed by atoms with Crippen LogP contribution >= 0.6 is 22.6 Å². The Balaban J connectivity index is 2.30. The molecule has 5 nitrogen and oxygen atoms in total. The number of aromatic nitrogens is 2. The smallest absolute Gasteiger partial charge is 0.266 e. The largest absolute Gasteiger partial charge is 0.378 e. The van der Waals surface area contributed by atoms with Gasteiger partial charge in [0.15, 0.2) is 0 Å². The second-order valence-corrected chi connectivity index (χ2v) is 5.21. The molecule has 0 spiro atoms. The van der Waals surface area contributed by atoms with Gasteiger partial charge in [0.2, 0.25) is 5.95 Å². The quantitative estimate of drug-likeness (QED) is 0.841. The number of nitrogens with one attached hydrogen (secondary N) is 1. The van der Waals surface area contributed by atoms with Crippen molar-refractivity contribution in [2.75, 3.05) is 25.1 Å². The number of hydrogen-bond acceptors (Lipinski definition) is 4. The molecule has 94 valence electrons. The van der Waals surface area contributed by atoms with E-state index in [-0.39, 0.29) is 5.56 Å². The minimum absolute atomic E-state index is 0.0757. The zero-order valence-corrected chi connectivity index (χ0v) is 12.0. The van der Waals surface area contributed by atoms with Crippen LogP contribution in [-0.2, 0) is 11.3 Å². The van der Waals surface area contributed by atoms with Crippen molar-refractivity contribution in [3.63, 3.8) is 0 Å². The first-order valence-electron chi connectivity index (χ1n) is 5.75. The van der Waals surface area contributed by atoms with Gasteiger partial charge in [-0.25, -0.2) is 4.98 Å². The van der Waals surface area contributed by atoms with Crippen molar-refractivity contribution in [3.05, 3.63) is 19.6 Å². The monoisotopic (exact) mass is 349 g/mol. The van der Waals surface area contributed by atoms with Gasteiger partial charge in [-0.2, -0.15) is 0 Å². The van der Waals surface area contributed by atoms with Gasteiger partial charge in [-0.05, 0) is 41.9 Å². The summed E-state index contributed by atoms with van der Waals surface area (Å²) in [5.41, 5.74) is 0.644. The maximum absolute atomic E-state index is 11.8. The molecule has 17 heavy (non-hydrogen) atoms. The lowest BCUT2D eigenvalue weighted by Crippen LogP contribution is -2.33. The van der Waals surface area contributed by atoms with E-state index < -0.39 is 0 Å². The summed E-state index contributed by atoms with van der Waals surface area (Å²) in [4.78, 5) is 21.3. The van der Waals surface area contributed by atoms with Gasteiger partial charge >= 0.3 is 0 Å². The molecule has 1 saturated heterocycles. The molecule has 0 atom stereocenters. The van der Waals surface area contributed by atoms with E-state index in [1.165, 1.54) is 6.42 Å². The van der Waals surface area contributed by atoms with Gasteiger partial charge in [0.05, 0.1) is 12.3 Å². The molecule has 0 aliphatic carbocycles. The van der Waals surface area contributed by atoms with Crippen LogP contribution in [0.3, 0.4) is 0 Å². The minimum Gasteiger partial charge on any atom is -0.378 e. The van der Waals surface area contributed by atoms with Crippen molar-refractivity contribution in [3.8, 4) is 0 Å². The topological polar surface area (TPSA) is 58.2 Å². The molecule has 0 radical (unpaired) electrons. The van der Waals surface area contributed by atoms with Crippen molar-refractivity contribution < 1.29 is 4.74 Å². The van der Waals surface area contributed by atoms with E-state index in [2.05, 4.69) is 14.9 Å². The molecule has 6 heteroatoms. The Kier molecular flexibility index (Phi) is 4.38. The van der Waals surface area contributed by atoms with Crippen LogP contribution in [0.4, 0.5) is 5.95 Å². The molecule has 2 heterocycles. The van der Waals surface area contributed by atoms with Crippen molar-refractivity contribution in [1.29, 1.82) is 0 Å². The predicted molar refractivity (Wildman–Crippen MR) is 74.4 cm³/mol. The van der Waals surface area contributed by atoms with E-state index in [0.29, 0.717) is 16.1 Å². The predicted octanol–water partition coefficient (Wildman–Crippen LogP) is 1.51. The van der Waals surface area contributed by atoms with E-state index in [0.717, 1.165) is 31.6 Å². The van der Waals surface area contributed by atoms with Gasteiger partial charge < -0.3 is 9.64 Å². The van der Waals surface area contributed by atoms with Gasteiger partial charge in [0.1, 0.15) is 3.57 Å². The normalized spacial score (nSPS) is 16.2. The number of hydrogen-bond donors (Lipinski definition) is 1. The highest BCUT2D eigenvalue weighted by Gasteiger charge is 2.16. The van der Waals surface area contributed by atoms with Gasteiger partial charge in [0, 0.05) is 20.2 Å². The van der Waals surface area contributed by atoms with Crippen LogP contribution in [-0.4, -0.2) is 30.2 Å². The highest BCUT2D eigenvalue weighted by atomic mass is 127. The number of aromatic amines is 1. The number of nitrogens with zero attached hydrogens (tertiary/aromatic N) is 2. The summed E-state index contributed by atoms with van der Waals surface area (Å²) in [5.74, 6) is 0.683. The summed E-state index contributed by atoms with van der Waals surface area (Å²) < 4.78 is 5.68. The molecule has 0 amide bonds. The van der Waals surface area contributed by atoms with Crippen LogP contribution in [0.15, 0.2) is 4.79 Å². The maximum atomic E-state index is 11.8. The van der Waals surface area contributed by atoms with Gasteiger partial charge in [-0.3, -0.25) is 9.78 Å². The number of methoxy groups -OCH3 is 1. The summed E-state index contributed by atoms with van der Waals surface area (Å²) in [7, 11) is 1.61. The Labute approximate surface area is 114 Å². The molecular weight excluding hydrogens is 333 g/mol. The standard InChI is InChI=1S/C11H16IN3O2/c1-17-7-8-9(12)10(16)14-11(13-8)15-5-3-2-4-6-15/h2-7H2,1H3,(H,13,14,16). The highest BCUT2D eigenvalue weighted by molar-refractivity contribution is 14.1. The zero-order valence-electron chi connectivity index (χ0n) is 9.83. The van der Waals surface area contributed by atoms with E-state index in [9.17, 15) is 4.79 Å². The van der Waals surface area contributed by atoms with Crippen LogP contribution in [0.5, 0.6) is 0 Å². The van der Waals surface area contributed by atoms with Crippen LogP contribution in [0.1, 0.15) is 25.0 Å². The van der Waals surface area contributed by atoms with Crippen LogP contribution < -0.4 is 10.5 Å². The van der Waals surface area contributed by atoms with Crippen LogP contribution in [0.2, 0.25) is 0 Å². The lowest BCUT2D eigenvalue weighted by molar-refractivity contribution is 0.180. The number of rotatable bonds is 3. The molecule has 1 aliphatic heterocycles. The summed E-state index contributed by atoms with van der Waals surface area (Å²) in [5, 5.41) is 0. The minimum atomic E-state index is -0.0757. The first-order chi connectivity index (χ1) is 8.22. The highest BCUT2D eigenvalue weighted by Crippen LogP contribution is 2.16. The van der Waals surface area contributed by atoms with E-state index in [4.69, 9.17) is 4.74 Å². The average molecular weight is 349 g/mol. The molecule has 1 aromatic rings. The first-order valence-corrected chi connectivity index (χ1v) is 6.83. The summed E-state index contributed by atoms with van der Waals surface area (Å²) >= 11 is 2.01. The third kappa shape index (κ3) is 2.98. The van der Waals surface area contributed by atoms with Crippen molar-refractivity contribution in [1.82, 2.24) is 9.97 Å². The lowest BCUT2D eigenvalue weighted by Gasteiger charge is -2.27. The third-order valence-electron chi connectivity index (χ3n) is 2.86. The van der Waals surface area contributed by atoms with Gasteiger partial charge in [0.25, 0.3) is 5.56 Å². The Hall–Kier alpha value is -0.630. The second kappa shape index (κ2) is 5.81. The molecule has 1 aliphatic rings. The molecular formula is C11H16IN3O2. The third-order valence-corrected chi connectivity index (χ3v) is 3.97. The molecule has 0 aromatic carbocycles. The Morgan fingerprint density at radius 3 is 2.76 bits per heavy atom. The maximum Gasteiger partial charge on any atom is 0.266 e. The summed E-state index contributed by atoms with van der Waals surface area (Å²) in [6.07, 6.45) is 3.58. The van der Waals surface area contributed by atoms with Crippen LogP contribution in [0, 0.1) is 3.57 Å². The number of piperidine rings is 1. The number of halogens is 1. The van der Waals surface area contributed by atoms with Crippen LogP contribution in [0.25, 0.3) is 0 Å². The molecule has 1 N–H and O–H groups in total. The van der Waals surface area contributed by atoms with Gasteiger partial charge in [-0.15, -0.1) is 0 Å². The molecule has 2 rings (SSSR count). The van der Waals surface area contributed by atoms with Crippen molar-refractivity contribution >= 4 is 28.5 Å². The summed E-state index contributed by atoms with van der Waals surface area (Å²) in [6.45, 7) is 2.31. The van der Waals surface area contributed by atoms with E-state index in [1.54, 1.807) is 7.11 Å². The van der Waals surface area contributed by atoms with Crippen molar-refractivity contribution in [2.24, 2.45) is 0 Å². The Morgan fingerprint density at radius 1 is 1.41 bits per heavy atom. The Morgan fingerprint density at radius 2 is 2.12 bits per heavy atom. The van der Waals surface area contributed by atoms with Crippen molar-refractivity contribution in [2.45, 2.75) is 25.9 Å². The molecule has 0 bridgehead atoms. The lowest BCUT2D eigenvalue weighted by atomic mass is 10.1. The average Bonchev–Trinajstić information content (AvgIpc) is 2.36. The van der Waals surface area contributed by atoms with Gasteiger partial charge in [-0.1, -0.05) is 0 Å². The number of ether oxygens (including phenoxy) is 1. The number of anilines is 1. The Bertz CT molecular complexity index is 441. The zero-order chi connectivity index (χ0) is 12.3. The van der Waals surface area contributed by atoms with E-state index >= 15 is 0 Å². The summed E-state index contributed by atoms with van der Waals surface area (Å²) in [6, 6.07) is 0. The second-order valence-electron chi connectivity index (χ2n) is 4.13. The SMILES string of the molecule is COCc1nc(N2CCCCC2)[nH]c(=O)c1I. The van der Waals surface area contributed by atoms with E-state index in [1.807, 2.05) is 22.6 Å².